The Bertz CT molecular complexity index is 1540. The quantitative estimate of drug-likeness (QED) is 0.144. The van der Waals surface area contributed by atoms with Crippen molar-refractivity contribution >= 4 is 23.7 Å². The highest BCUT2D eigenvalue weighted by molar-refractivity contribution is 6.00. The summed E-state index contributed by atoms with van der Waals surface area (Å²) in [6.07, 6.45) is 3.20. The number of ether oxygens (including phenoxy) is 4. The van der Waals surface area contributed by atoms with E-state index < -0.39 is 29.9 Å². The summed E-state index contributed by atoms with van der Waals surface area (Å²) < 4.78 is 21.1. The van der Waals surface area contributed by atoms with Gasteiger partial charge in [-0.15, -0.1) is 6.58 Å². The van der Waals surface area contributed by atoms with Crippen LogP contribution in [0.5, 0.6) is 17.2 Å². The molecule has 0 fully saturated rings. The first-order valence-corrected chi connectivity index (χ1v) is 15.4. The molecule has 0 aliphatic rings. The summed E-state index contributed by atoms with van der Waals surface area (Å²) in [5, 5.41) is 5.49. The van der Waals surface area contributed by atoms with E-state index in [1.807, 2.05) is 54.6 Å². The number of nitrogens with zero attached hydrogens (tertiary/aromatic N) is 1. The lowest BCUT2D eigenvalue weighted by Gasteiger charge is -2.25. The molecule has 0 radical (unpaired) electrons. The van der Waals surface area contributed by atoms with Crippen LogP contribution in [0.2, 0.25) is 0 Å². The normalized spacial score (nSPS) is 11.6. The standard InChI is InChI=1S/C37H43N3O8/c1-6-21-40(25-27-13-15-28(45-3)16-14-27)34(41)20-19-31(37(44)47-5)38-36(43)32(23-26-11-9-8-10-12-26)39-35(42)30-18-17-29(46-4)24-33(30)48-22-7-2/h6-18,24,31-32H,1-2,19-23,25H2,3-5H3,(H,38,43)(H,39,42). The zero-order valence-corrected chi connectivity index (χ0v) is 27.6. The second-order valence-electron chi connectivity index (χ2n) is 10.7. The molecule has 0 aliphatic carbocycles. The number of esters is 1. The minimum absolute atomic E-state index is 0.0302. The highest BCUT2D eigenvalue weighted by Gasteiger charge is 2.29. The number of hydrogen-bond donors (Lipinski definition) is 2. The molecule has 2 unspecified atom stereocenters. The Morgan fingerprint density at radius 2 is 1.50 bits per heavy atom. The first kappa shape index (κ1) is 36.9. The van der Waals surface area contributed by atoms with Crippen molar-refractivity contribution < 1.29 is 38.1 Å². The fourth-order valence-corrected chi connectivity index (χ4v) is 4.83. The van der Waals surface area contributed by atoms with Gasteiger partial charge in [-0.05, 0) is 41.8 Å². The zero-order chi connectivity index (χ0) is 34.9. The molecule has 2 N–H and O–H groups in total. The first-order valence-electron chi connectivity index (χ1n) is 15.4. The monoisotopic (exact) mass is 657 g/mol. The molecule has 0 bridgehead atoms. The second kappa shape index (κ2) is 19.2. The molecular weight excluding hydrogens is 614 g/mol. The molecule has 0 saturated heterocycles. The number of nitrogens with one attached hydrogen (secondary N) is 2. The van der Waals surface area contributed by atoms with Gasteiger partial charge in [0.2, 0.25) is 11.8 Å². The Balaban J connectivity index is 1.78. The molecular formula is C37H43N3O8. The van der Waals surface area contributed by atoms with Crippen molar-refractivity contribution in [3.63, 3.8) is 0 Å². The minimum atomic E-state index is -1.15. The topological polar surface area (TPSA) is 132 Å². The molecule has 0 aromatic heterocycles. The Labute approximate surface area is 281 Å². The summed E-state index contributed by atoms with van der Waals surface area (Å²) >= 11 is 0. The van der Waals surface area contributed by atoms with E-state index in [0.717, 1.165) is 11.1 Å². The van der Waals surface area contributed by atoms with E-state index in [1.165, 1.54) is 20.3 Å². The molecule has 0 spiro atoms. The second-order valence-corrected chi connectivity index (χ2v) is 10.7. The van der Waals surface area contributed by atoms with Crippen LogP contribution in [0, 0.1) is 0 Å². The van der Waals surface area contributed by atoms with Crippen LogP contribution in [0.4, 0.5) is 0 Å². The summed E-state index contributed by atoms with van der Waals surface area (Å²) in [5.41, 5.74) is 1.84. The van der Waals surface area contributed by atoms with Crippen molar-refractivity contribution in [1.29, 1.82) is 0 Å². The van der Waals surface area contributed by atoms with Crippen molar-refractivity contribution in [3.05, 3.63) is 115 Å². The number of rotatable bonds is 19. The fourth-order valence-electron chi connectivity index (χ4n) is 4.83. The molecule has 0 saturated carbocycles. The summed E-state index contributed by atoms with van der Waals surface area (Å²) in [4.78, 5) is 55.0. The van der Waals surface area contributed by atoms with E-state index >= 15 is 0 Å². The largest absolute Gasteiger partial charge is 0.497 e. The molecule has 3 aromatic carbocycles. The number of carbonyl (C=O) groups excluding carboxylic acids is 4. The van der Waals surface area contributed by atoms with Crippen molar-refractivity contribution in [1.82, 2.24) is 15.5 Å². The minimum Gasteiger partial charge on any atom is -0.497 e. The van der Waals surface area contributed by atoms with Gasteiger partial charge in [0.15, 0.2) is 0 Å². The van der Waals surface area contributed by atoms with Gasteiger partial charge in [0.1, 0.15) is 35.9 Å². The number of amides is 3. The molecule has 3 rings (SSSR count). The summed E-state index contributed by atoms with van der Waals surface area (Å²) in [5.74, 6) is -0.736. The van der Waals surface area contributed by atoms with E-state index in [4.69, 9.17) is 18.9 Å². The molecule has 254 valence electrons. The van der Waals surface area contributed by atoms with Crippen LogP contribution < -0.4 is 24.8 Å². The van der Waals surface area contributed by atoms with Crippen LogP contribution in [-0.2, 0) is 32.1 Å². The lowest BCUT2D eigenvalue weighted by Crippen LogP contribution is -2.53. The number of methoxy groups -OCH3 is 3. The third kappa shape index (κ3) is 11.0. The number of hydrogen-bond acceptors (Lipinski definition) is 8. The van der Waals surface area contributed by atoms with Crippen molar-refractivity contribution in [3.8, 4) is 17.2 Å². The average Bonchev–Trinajstić information content (AvgIpc) is 3.11. The maximum absolute atomic E-state index is 13.8. The first-order chi connectivity index (χ1) is 23.2. The zero-order valence-electron chi connectivity index (χ0n) is 27.6. The van der Waals surface area contributed by atoms with E-state index in [9.17, 15) is 19.2 Å². The van der Waals surface area contributed by atoms with Gasteiger partial charge in [-0.1, -0.05) is 61.2 Å². The summed E-state index contributed by atoms with van der Waals surface area (Å²) in [6, 6.07) is 18.9. The molecule has 3 amide bonds. The molecule has 3 aromatic rings. The van der Waals surface area contributed by atoms with Gasteiger partial charge in [-0.2, -0.15) is 0 Å². The third-order valence-corrected chi connectivity index (χ3v) is 7.38. The van der Waals surface area contributed by atoms with Gasteiger partial charge < -0.3 is 34.5 Å². The van der Waals surface area contributed by atoms with E-state index in [-0.39, 0.29) is 49.6 Å². The lowest BCUT2D eigenvalue weighted by molar-refractivity contribution is -0.145. The smallest absolute Gasteiger partial charge is 0.328 e. The summed E-state index contributed by atoms with van der Waals surface area (Å²) in [6.45, 7) is 8.16. The molecule has 11 heteroatoms. The Kier molecular flexibility index (Phi) is 14.7. The molecule has 11 nitrogen and oxygen atoms in total. The lowest BCUT2D eigenvalue weighted by atomic mass is 10.0. The average molecular weight is 658 g/mol. The third-order valence-electron chi connectivity index (χ3n) is 7.38. The van der Waals surface area contributed by atoms with Crippen molar-refractivity contribution in [2.45, 2.75) is 37.9 Å². The molecule has 0 heterocycles. The van der Waals surface area contributed by atoms with Crippen LogP contribution in [0.1, 0.15) is 34.3 Å². The SMILES string of the molecule is C=CCOc1cc(OC)ccc1C(=O)NC(Cc1ccccc1)C(=O)NC(CCC(=O)N(CC=C)Cc1ccc(OC)cc1)C(=O)OC. The van der Waals surface area contributed by atoms with Crippen LogP contribution in [-0.4, -0.2) is 75.2 Å². The van der Waals surface area contributed by atoms with Gasteiger partial charge in [0.05, 0.1) is 26.9 Å². The highest BCUT2D eigenvalue weighted by atomic mass is 16.5. The van der Waals surface area contributed by atoms with Gasteiger partial charge in [0, 0.05) is 32.0 Å². The van der Waals surface area contributed by atoms with Gasteiger partial charge in [0.25, 0.3) is 5.91 Å². The Morgan fingerprint density at radius 1 is 0.812 bits per heavy atom. The Morgan fingerprint density at radius 3 is 2.12 bits per heavy atom. The van der Waals surface area contributed by atoms with Crippen LogP contribution in [0.3, 0.4) is 0 Å². The summed E-state index contributed by atoms with van der Waals surface area (Å²) in [7, 11) is 4.28. The van der Waals surface area contributed by atoms with Crippen LogP contribution in [0.15, 0.2) is 98.1 Å². The maximum Gasteiger partial charge on any atom is 0.328 e. The van der Waals surface area contributed by atoms with Crippen molar-refractivity contribution in [2.75, 3.05) is 34.5 Å². The Hall–Kier alpha value is -5.58. The molecule has 48 heavy (non-hydrogen) atoms. The van der Waals surface area contributed by atoms with Gasteiger partial charge in [-0.3, -0.25) is 14.4 Å². The maximum atomic E-state index is 13.8. The van der Waals surface area contributed by atoms with Gasteiger partial charge >= 0.3 is 5.97 Å². The molecule has 2 atom stereocenters. The van der Waals surface area contributed by atoms with E-state index in [2.05, 4.69) is 23.8 Å². The predicted octanol–water partition coefficient (Wildman–Crippen LogP) is 4.26. The van der Waals surface area contributed by atoms with E-state index in [1.54, 1.807) is 36.3 Å². The van der Waals surface area contributed by atoms with Crippen LogP contribution in [0.25, 0.3) is 0 Å². The number of benzene rings is 3. The van der Waals surface area contributed by atoms with Crippen molar-refractivity contribution in [2.24, 2.45) is 0 Å². The predicted molar refractivity (Wildman–Crippen MR) is 182 cm³/mol. The fraction of sp³-hybridized carbons (Fsp3) is 0.297. The number of carbonyl (C=O) groups is 4. The van der Waals surface area contributed by atoms with Gasteiger partial charge in [-0.25, -0.2) is 4.79 Å². The molecule has 0 aliphatic heterocycles. The van der Waals surface area contributed by atoms with Crippen LogP contribution >= 0.6 is 0 Å². The highest BCUT2D eigenvalue weighted by Crippen LogP contribution is 2.25. The van der Waals surface area contributed by atoms with E-state index in [0.29, 0.717) is 18.0 Å².